The minimum Gasteiger partial charge on any atom is -0.488 e. The molecule has 86 valence electrons. The Morgan fingerprint density at radius 1 is 1.56 bits per heavy atom. The highest BCUT2D eigenvalue weighted by Crippen LogP contribution is 2.29. The van der Waals surface area contributed by atoms with Gasteiger partial charge in [0.25, 0.3) is 0 Å². The molecule has 1 aromatic carbocycles. The zero-order chi connectivity index (χ0) is 12.0. The Hall–Kier alpha value is -1.28. The summed E-state index contributed by atoms with van der Waals surface area (Å²) in [6.07, 6.45) is 2.01. The minimum atomic E-state index is 0.455. The predicted molar refractivity (Wildman–Crippen MR) is 66.1 cm³/mol. The number of halogens is 1. The smallest absolute Gasteiger partial charge is 0.138 e. The number of ether oxygens (including phenoxy) is 1. The first-order valence-electron chi connectivity index (χ1n) is 5.13. The van der Waals surface area contributed by atoms with E-state index in [0.717, 1.165) is 17.4 Å². The molecule has 0 spiro atoms. The summed E-state index contributed by atoms with van der Waals surface area (Å²) in [7, 11) is 0. The van der Waals surface area contributed by atoms with Crippen LogP contribution in [0.25, 0.3) is 0 Å². The molecular formula is C13H15ClO2. The average Bonchev–Trinajstić information content (AvgIpc) is 2.26. The fraction of sp³-hybridized carbons (Fsp3) is 0.308. The van der Waals surface area contributed by atoms with Crippen molar-refractivity contribution in [3.63, 3.8) is 0 Å². The predicted octanol–water partition coefficient (Wildman–Crippen LogP) is 3.43. The highest BCUT2D eigenvalue weighted by Gasteiger charge is 2.06. The molecule has 0 radical (unpaired) electrons. The maximum Gasteiger partial charge on any atom is 0.138 e. The van der Waals surface area contributed by atoms with Crippen LogP contribution in [0.1, 0.15) is 18.9 Å². The summed E-state index contributed by atoms with van der Waals surface area (Å²) in [6, 6.07) is 5.59. The van der Waals surface area contributed by atoms with Crippen LogP contribution in [0.3, 0.4) is 0 Å². The molecule has 0 aliphatic carbocycles. The Labute approximate surface area is 101 Å². The second-order valence-electron chi connectivity index (χ2n) is 3.68. The first kappa shape index (κ1) is 12.8. The van der Waals surface area contributed by atoms with Crippen LogP contribution in [0.5, 0.6) is 5.75 Å². The van der Waals surface area contributed by atoms with Gasteiger partial charge >= 0.3 is 0 Å². The highest BCUT2D eigenvalue weighted by atomic mass is 35.5. The fourth-order valence-electron chi connectivity index (χ4n) is 1.28. The average molecular weight is 239 g/mol. The molecule has 0 unspecified atom stereocenters. The van der Waals surface area contributed by atoms with Crippen LogP contribution in [0, 0.1) is 0 Å². The van der Waals surface area contributed by atoms with Crippen molar-refractivity contribution in [2.24, 2.45) is 0 Å². The van der Waals surface area contributed by atoms with E-state index >= 15 is 0 Å². The molecule has 3 heteroatoms. The molecule has 1 aromatic rings. The number of aldehydes is 1. The normalized spacial score (nSPS) is 9.88. The van der Waals surface area contributed by atoms with Crippen molar-refractivity contribution in [1.82, 2.24) is 0 Å². The quantitative estimate of drug-likeness (QED) is 0.561. The maximum absolute atomic E-state index is 10.3. The first-order chi connectivity index (χ1) is 7.65. The molecule has 0 amide bonds. The number of hydrogen-bond donors (Lipinski definition) is 0. The van der Waals surface area contributed by atoms with Gasteiger partial charge in [-0.25, -0.2) is 0 Å². The van der Waals surface area contributed by atoms with Gasteiger partial charge in [0.05, 0.1) is 5.02 Å². The molecule has 0 saturated heterocycles. The molecule has 2 nitrogen and oxygen atoms in total. The van der Waals surface area contributed by atoms with Crippen molar-refractivity contribution in [1.29, 1.82) is 0 Å². The summed E-state index contributed by atoms with van der Waals surface area (Å²) in [4.78, 5) is 10.3. The van der Waals surface area contributed by atoms with Gasteiger partial charge in [-0.15, -0.1) is 0 Å². The van der Waals surface area contributed by atoms with Crippen molar-refractivity contribution < 1.29 is 9.53 Å². The number of hydrogen-bond acceptors (Lipinski definition) is 2. The van der Waals surface area contributed by atoms with Gasteiger partial charge in [-0.05, 0) is 30.5 Å². The highest BCUT2D eigenvalue weighted by molar-refractivity contribution is 6.32. The van der Waals surface area contributed by atoms with Crippen LogP contribution in [0.2, 0.25) is 5.02 Å². The van der Waals surface area contributed by atoms with E-state index < -0.39 is 0 Å². The second kappa shape index (κ2) is 6.33. The van der Waals surface area contributed by atoms with Gasteiger partial charge in [0.15, 0.2) is 0 Å². The van der Waals surface area contributed by atoms with Gasteiger partial charge in [0.1, 0.15) is 18.6 Å². The molecule has 0 saturated carbocycles. The lowest BCUT2D eigenvalue weighted by Gasteiger charge is -2.10. The van der Waals surface area contributed by atoms with E-state index in [9.17, 15) is 4.79 Å². The molecule has 0 fully saturated rings. The zero-order valence-corrected chi connectivity index (χ0v) is 10.1. The maximum atomic E-state index is 10.3. The van der Waals surface area contributed by atoms with Gasteiger partial charge < -0.3 is 9.53 Å². The van der Waals surface area contributed by atoms with Gasteiger partial charge in [-0.1, -0.05) is 30.3 Å². The Kier molecular flexibility index (Phi) is 5.06. The van der Waals surface area contributed by atoms with Crippen LogP contribution in [-0.2, 0) is 11.2 Å². The third-order valence-corrected chi connectivity index (χ3v) is 2.48. The summed E-state index contributed by atoms with van der Waals surface area (Å²) >= 11 is 6.16. The molecular weight excluding hydrogens is 224 g/mol. The Morgan fingerprint density at radius 2 is 2.31 bits per heavy atom. The van der Waals surface area contributed by atoms with Crippen LogP contribution >= 0.6 is 11.6 Å². The molecule has 0 bridgehead atoms. The van der Waals surface area contributed by atoms with E-state index in [2.05, 4.69) is 6.58 Å². The molecule has 0 atom stereocenters. The second-order valence-corrected chi connectivity index (χ2v) is 4.06. The first-order valence-corrected chi connectivity index (χ1v) is 5.51. The third kappa shape index (κ3) is 3.70. The Bertz CT molecular complexity index is 386. The minimum absolute atomic E-state index is 0.455. The van der Waals surface area contributed by atoms with Crippen molar-refractivity contribution in [2.45, 2.75) is 19.8 Å². The molecule has 0 aliphatic rings. The van der Waals surface area contributed by atoms with E-state index in [1.807, 2.05) is 25.1 Å². The van der Waals surface area contributed by atoms with E-state index in [4.69, 9.17) is 16.3 Å². The van der Waals surface area contributed by atoms with Crippen molar-refractivity contribution in [2.75, 3.05) is 6.61 Å². The third-order valence-electron chi connectivity index (χ3n) is 2.05. The molecule has 1 rings (SSSR count). The SMILES string of the molecule is C=C(C)COc1cccc(CCC=O)c1Cl. The van der Waals surface area contributed by atoms with Crippen molar-refractivity contribution in [3.8, 4) is 5.75 Å². The molecule has 0 aromatic heterocycles. The Balaban J connectivity index is 2.77. The summed E-state index contributed by atoms with van der Waals surface area (Å²) in [5.74, 6) is 0.646. The number of carbonyl (C=O) groups is 1. The molecule has 0 aliphatic heterocycles. The monoisotopic (exact) mass is 238 g/mol. The van der Waals surface area contributed by atoms with Gasteiger partial charge in [-0.2, -0.15) is 0 Å². The number of carbonyl (C=O) groups excluding carboxylic acids is 1. The van der Waals surface area contributed by atoms with Crippen LogP contribution in [-0.4, -0.2) is 12.9 Å². The summed E-state index contributed by atoms with van der Waals surface area (Å²) in [5, 5.41) is 0.589. The van der Waals surface area contributed by atoms with Gasteiger partial charge in [0, 0.05) is 6.42 Å². The topological polar surface area (TPSA) is 26.3 Å². The molecule has 16 heavy (non-hydrogen) atoms. The van der Waals surface area contributed by atoms with Crippen molar-refractivity contribution in [3.05, 3.63) is 40.9 Å². The van der Waals surface area contributed by atoms with Crippen LogP contribution < -0.4 is 4.74 Å². The summed E-state index contributed by atoms with van der Waals surface area (Å²) in [5.41, 5.74) is 1.88. The van der Waals surface area contributed by atoms with E-state index in [1.54, 1.807) is 0 Å². The summed E-state index contributed by atoms with van der Waals surface area (Å²) in [6.45, 7) is 6.11. The zero-order valence-electron chi connectivity index (χ0n) is 9.33. The fourth-order valence-corrected chi connectivity index (χ4v) is 1.55. The number of rotatable bonds is 6. The van der Waals surface area contributed by atoms with Gasteiger partial charge in [0.2, 0.25) is 0 Å². The molecule has 0 N–H and O–H groups in total. The standard InChI is InChI=1S/C13H15ClO2/c1-10(2)9-16-12-7-3-5-11(13(12)14)6-4-8-15/h3,5,7-8H,1,4,6,9H2,2H3. The van der Waals surface area contributed by atoms with Crippen LogP contribution in [0.4, 0.5) is 0 Å². The lowest BCUT2D eigenvalue weighted by molar-refractivity contribution is -0.107. The number of benzene rings is 1. The van der Waals surface area contributed by atoms with Crippen LogP contribution in [0.15, 0.2) is 30.4 Å². The lowest BCUT2D eigenvalue weighted by atomic mass is 10.1. The van der Waals surface area contributed by atoms with E-state index in [0.29, 0.717) is 30.2 Å². The van der Waals surface area contributed by atoms with E-state index in [-0.39, 0.29) is 0 Å². The van der Waals surface area contributed by atoms with Gasteiger partial charge in [-0.3, -0.25) is 0 Å². The van der Waals surface area contributed by atoms with E-state index in [1.165, 1.54) is 0 Å². The van der Waals surface area contributed by atoms with Crippen molar-refractivity contribution >= 4 is 17.9 Å². The summed E-state index contributed by atoms with van der Waals surface area (Å²) < 4.78 is 5.50. The lowest BCUT2D eigenvalue weighted by Crippen LogP contribution is -1.99. The molecule has 0 heterocycles. The largest absolute Gasteiger partial charge is 0.488 e. The Morgan fingerprint density at radius 3 is 2.94 bits per heavy atom. The number of aryl methyl sites for hydroxylation is 1.